The van der Waals surface area contributed by atoms with Crippen LogP contribution in [0.2, 0.25) is 0 Å². The summed E-state index contributed by atoms with van der Waals surface area (Å²) in [6.07, 6.45) is 3.33. The van der Waals surface area contributed by atoms with Crippen LogP contribution in [-0.2, 0) is 6.42 Å². The summed E-state index contributed by atoms with van der Waals surface area (Å²) in [5, 5.41) is 18.1. The predicted molar refractivity (Wildman–Crippen MR) is 77.1 cm³/mol. The van der Waals surface area contributed by atoms with E-state index in [9.17, 15) is 5.11 Å². The summed E-state index contributed by atoms with van der Waals surface area (Å²) in [5.41, 5.74) is 1.98. The van der Waals surface area contributed by atoms with Gasteiger partial charge in [-0.25, -0.2) is 0 Å². The number of nitrogens with one attached hydrogen (secondary N) is 2. The molecule has 3 N–H and O–H groups in total. The molecule has 1 aromatic rings. The fourth-order valence-corrected chi connectivity index (χ4v) is 3.61. The van der Waals surface area contributed by atoms with Crippen LogP contribution in [0.3, 0.4) is 0 Å². The maximum Gasteiger partial charge on any atom is 0.0853 e. The second-order valence-corrected chi connectivity index (χ2v) is 6.11. The summed E-state index contributed by atoms with van der Waals surface area (Å²) in [4.78, 5) is 0. The van der Waals surface area contributed by atoms with E-state index in [0.29, 0.717) is 5.92 Å². The normalized spacial score (nSPS) is 30.4. The van der Waals surface area contributed by atoms with Crippen molar-refractivity contribution in [2.45, 2.75) is 37.8 Å². The van der Waals surface area contributed by atoms with Gasteiger partial charge in [-0.3, -0.25) is 0 Å². The van der Waals surface area contributed by atoms with E-state index in [-0.39, 0.29) is 6.04 Å². The highest BCUT2D eigenvalue weighted by Gasteiger charge is 2.42. The van der Waals surface area contributed by atoms with Crippen LogP contribution >= 0.6 is 0 Å². The van der Waals surface area contributed by atoms with Crippen molar-refractivity contribution < 1.29 is 5.11 Å². The largest absolute Gasteiger partial charge is 0.388 e. The highest BCUT2D eigenvalue weighted by Crippen LogP contribution is 2.38. The Bertz CT molecular complexity index is 438. The van der Waals surface area contributed by atoms with Gasteiger partial charge in [-0.05, 0) is 50.4 Å². The Morgan fingerprint density at radius 3 is 2.89 bits per heavy atom. The highest BCUT2D eigenvalue weighted by atomic mass is 16.3. The molecular weight excluding hydrogens is 236 g/mol. The van der Waals surface area contributed by atoms with Gasteiger partial charge >= 0.3 is 0 Å². The minimum absolute atomic E-state index is 0.0577. The van der Waals surface area contributed by atoms with Crippen molar-refractivity contribution in [3.05, 3.63) is 35.4 Å². The molecule has 3 atom stereocenters. The number of hydrogen-bond acceptors (Lipinski definition) is 3. The van der Waals surface area contributed by atoms with Crippen molar-refractivity contribution in [1.82, 2.24) is 10.6 Å². The van der Waals surface area contributed by atoms with E-state index in [1.807, 2.05) is 6.92 Å². The number of fused-ring (bicyclic) bond motifs is 1. The third-order valence-corrected chi connectivity index (χ3v) is 4.82. The minimum Gasteiger partial charge on any atom is -0.388 e. The first-order chi connectivity index (χ1) is 9.19. The quantitative estimate of drug-likeness (QED) is 0.757. The van der Waals surface area contributed by atoms with E-state index in [0.717, 1.165) is 38.9 Å². The molecule has 1 aromatic carbocycles. The van der Waals surface area contributed by atoms with Gasteiger partial charge in [-0.1, -0.05) is 24.3 Å². The molecule has 0 aliphatic carbocycles. The van der Waals surface area contributed by atoms with Crippen LogP contribution in [0.5, 0.6) is 0 Å². The molecule has 2 heterocycles. The van der Waals surface area contributed by atoms with E-state index in [4.69, 9.17) is 0 Å². The molecule has 0 saturated carbocycles. The van der Waals surface area contributed by atoms with Gasteiger partial charge in [0.1, 0.15) is 0 Å². The van der Waals surface area contributed by atoms with Gasteiger partial charge in [0, 0.05) is 12.5 Å². The highest BCUT2D eigenvalue weighted by molar-refractivity contribution is 5.34. The van der Waals surface area contributed by atoms with Crippen molar-refractivity contribution in [3.63, 3.8) is 0 Å². The second-order valence-electron chi connectivity index (χ2n) is 6.11. The molecule has 3 unspecified atom stereocenters. The van der Waals surface area contributed by atoms with Crippen molar-refractivity contribution in [2.24, 2.45) is 5.92 Å². The summed E-state index contributed by atoms with van der Waals surface area (Å²) < 4.78 is 0. The Morgan fingerprint density at radius 2 is 2.11 bits per heavy atom. The average molecular weight is 260 g/mol. The molecule has 2 aliphatic heterocycles. The first-order valence-electron chi connectivity index (χ1n) is 7.44. The summed E-state index contributed by atoms with van der Waals surface area (Å²) in [7, 11) is 0. The van der Waals surface area contributed by atoms with Crippen LogP contribution in [0, 0.1) is 5.92 Å². The molecule has 1 fully saturated rings. The first kappa shape index (κ1) is 13.1. The number of benzene rings is 1. The summed E-state index contributed by atoms with van der Waals surface area (Å²) in [6, 6.07) is 8.59. The van der Waals surface area contributed by atoms with Gasteiger partial charge in [0.05, 0.1) is 11.6 Å². The van der Waals surface area contributed by atoms with Crippen LogP contribution in [0.15, 0.2) is 24.3 Å². The van der Waals surface area contributed by atoms with E-state index in [1.54, 1.807) is 0 Å². The summed E-state index contributed by atoms with van der Waals surface area (Å²) in [6.45, 7) is 4.97. The third-order valence-electron chi connectivity index (χ3n) is 4.82. The van der Waals surface area contributed by atoms with Gasteiger partial charge in [0.2, 0.25) is 0 Å². The molecule has 19 heavy (non-hydrogen) atoms. The van der Waals surface area contributed by atoms with E-state index >= 15 is 0 Å². The molecule has 104 valence electrons. The van der Waals surface area contributed by atoms with E-state index in [1.165, 1.54) is 11.1 Å². The lowest BCUT2D eigenvalue weighted by molar-refractivity contribution is -0.0457. The zero-order chi connectivity index (χ0) is 13.3. The Balaban J connectivity index is 1.89. The Labute approximate surface area is 115 Å². The van der Waals surface area contributed by atoms with Gasteiger partial charge in [0.15, 0.2) is 0 Å². The molecule has 0 spiro atoms. The Kier molecular flexibility index (Phi) is 3.61. The average Bonchev–Trinajstić information content (AvgIpc) is 2.47. The van der Waals surface area contributed by atoms with E-state index < -0.39 is 5.60 Å². The number of hydrogen-bond donors (Lipinski definition) is 3. The van der Waals surface area contributed by atoms with Gasteiger partial charge in [-0.15, -0.1) is 0 Å². The number of piperidine rings is 1. The van der Waals surface area contributed by atoms with Gasteiger partial charge < -0.3 is 15.7 Å². The van der Waals surface area contributed by atoms with Crippen LogP contribution in [0.25, 0.3) is 0 Å². The van der Waals surface area contributed by atoms with Crippen molar-refractivity contribution in [2.75, 3.05) is 19.6 Å². The number of aliphatic hydroxyl groups is 1. The molecule has 0 amide bonds. The topological polar surface area (TPSA) is 44.3 Å². The lowest BCUT2D eigenvalue weighted by Crippen LogP contribution is -2.53. The molecule has 0 bridgehead atoms. The van der Waals surface area contributed by atoms with Crippen molar-refractivity contribution >= 4 is 0 Å². The molecule has 3 nitrogen and oxygen atoms in total. The summed E-state index contributed by atoms with van der Waals surface area (Å²) >= 11 is 0. The molecule has 3 rings (SSSR count). The van der Waals surface area contributed by atoms with Crippen LogP contribution in [0.1, 0.15) is 36.9 Å². The van der Waals surface area contributed by atoms with Crippen molar-refractivity contribution in [1.29, 1.82) is 0 Å². The van der Waals surface area contributed by atoms with Crippen LogP contribution < -0.4 is 10.6 Å². The van der Waals surface area contributed by atoms with Gasteiger partial charge in [0.25, 0.3) is 0 Å². The minimum atomic E-state index is -0.691. The predicted octanol–water partition coefficient (Wildman–Crippen LogP) is 1.62. The van der Waals surface area contributed by atoms with Gasteiger partial charge in [-0.2, -0.15) is 0 Å². The molecule has 1 saturated heterocycles. The monoisotopic (exact) mass is 260 g/mol. The molecule has 0 aromatic heterocycles. The molecule has 3 heteroatoms. The fourth-order valence-electron chi connectivity index (χ4n) is 3.61. The second kappa shape index (κ2) is 5.23. The zero-order valence-corrected chi connectivity index (χ0v) is 11.7. The Hall–Kier alpha value is -0.900. The van der Waals surface area contributed by atoms with E-state index in [2.05, 4.69) is 34.9 Å². The Morgan fingerprint density at radius 1 is 1.26 bits per heavy atom. The smallest absolute Gasteiger partial charge is 0.0853 e. The molecule has 2 aliphatic rings. The van der Waals surface area contributed by atoms with Crippen molar-refractivity contribution in [3.8, 4) is 0 Å². The SMILES string of the molecule is CC(O)(C1CCCNC1)C1NCCc2ccccc21. The lowest BCUT2D eigenvalue weighted by atomic mass is 9.74. The zero-order valence-electron chi connectivity index (χ0n) is 11.7. The van der Waals surface area contributed by atoms with Crippen LogP contribution in [0.4, 0.5) is 0 Å². The number of rotatable bonds is 2. The maximum atomic E-state index is 11.1. The fraction of sp³-hybridized carbons (Fsp3) is 0.625. The standard InChI is InChI=1S/C16H24N2O/c1-16(19,13-6-4-9-17-11-13)15-14-7-3-2-5-12(14)8-10-18-15/h2-3,5,7,13,15,17-19H,4,6,8-11H2,1H3. The third kappa shape index (κ3) is 2.42. The molecule has 0 radical (unpaired) electrons. The molecular formula is C16H24N2O. The summed E-state index contributed by atoms with van der Waals surface area (Å²) in [5.74, 6) is 0.324. The first-order valence-corrected chi connectivity index (χ1v) is 7.44. The maximum absolute atomic E-state index is 11.1. The van der Waals surface area contributed by atoms with Crippen LogP contribution in [-0.4, -0.2) is 30.3 Å². The lowest BCUT2D eigenvalue weighted by Gasteiger charge is -2.44.